The Morgan fingerprint density at radius 3 is 2.95 bits per heavy atom. The summed E-state index contributed by atoms with van der Waals surface area (Å²) in [6.07, 6.45) is 4.07. The summed E-state index contributed by atoms with van der Waals surface area (Å²) in [4.78, 5) is 2.62. The zero-order valence-corrected chi connectivity index (χ0v) is 12.6. The van der Waals surface area contributed by atoms with Gasteiger partial charge in [0.2, 0.25) is 0 Å². The van der Waals surface area contributed by atoms with Crippen LogP contribution in [0.4, 0.5) is 4.39 Å². The molecule has 1 aromatic carbocycles. The third-order valence-corrected chi connectivity index (χ3v) is 4.63. The summed E-state index contributed by atoms with van der Waals surface area (Å²) in [6, 6.07) is 6.00. The summed E-state index contributed by atoms with van der Waals surface area (Å²) < 4.78 is 14.5. The average Bonchev–Trinajstić information content (AvgIpc) is 3.14. The summed E-state index contributed by atoms with van der Waals surface area (Å²) in [5.41, 5.74) is 0.742. The van der Waals surface area contributed by atoms with Crippen LogP contribution in [0.3, 0.4) is 0 Å². The molecule has 1 N–H and O–H groups in total. The molecule has 0 amide bonds. The van der Waals surface area contributed by atoms with E-state index in [4.69, 9.17) is 0 Å². The van der Waals surface area contributed by atoms with Crippen molar-refractivity contribution < 1.29 is 4.39 Å². The zero-order chi connectivity index (χ0) is 13.2. The van der Waals surface area contributed by atoms with Crippen LogP contribution < -0.4 is 5.32 Å². The predicted molar refractivity (Wildman–Crippen MR) is 78.5 cm³/mol. The Bertz CT molecular complexity index is 448. The third kappa shape index (κ3) is 3.56. The minimum Gasteiger partial charge on any atom is -0.312 e. The summed E-state index contributed by atoms with van der Waals surface area (Å²) in [5, 5.41) is 3.40. The van der Waals surface area contributed by atoms with Crippen LogP contribution in [0.15, 0.2) is 22.7 Å². The van der Waals surface area contributed by atoms with E-state index >= 15 is 0 Å². The Labute approximate surface area is 122 Å². The zero-order valence-electron chi connectivity index (χ0n) is 11.0. The molecular formula is C15H20BrFN2. The highest BCUT2D eigenvalue weighted by Crippen LogP contribution is 2.31. The van der Waals surface area contributed by atoms with Gasteiger partial charge in [0.25, 0.3) is 0 Å². The van der Waals surface area contributed by atoms with Crippen molar-refractivity contribution in [3.8, 4) is 0 Å². The highest BCUT2D eigenvalue weighted by atomic mass is 79.9. The fourth-order valence-corrected chi connectivity index (χ4v) is 3.30. The molecule has 1 unspecified atom stereocenters. The van der Waals surface area contributed by atoms with Crippen molar-refractivity contribution in [2.45, 2.75) is 31.8 Å². The molecule has 104 valence electrons. The largest absolute Gasteiger partial charge is 0.312 e. The number of rotatable bonds is 5. The highest BCUT2D eigenvalue weighted by Gasteiger charge is 2.33. The highest BCUT2D eigenvalue weighted by molar-refractivity contribution is 9.10. The molecule has 0 aromatic heterocycles. The van der Waals surface area contributed by atoms with Crippen LogP contribution in [0.2, 0.25) is 0 Å². The molecule has 4 heteroatoms. The van der Waals surface area contributed by atoms with Gasteiger partial charge in [0.1, 0.15) is 5.82 Å². The van der Waals surface area contributed by atoms with Gasteiger partial charge in [0, 0.05) is 29.2 Å². The minimum absolute atomic E-state index is 0.123. The lowest BCUT2D eigenvalue weighted by Crippen LogP contribution is -2.27. The molecule has 1 aliphatic heterocycles. The summed E-state index contributed by atoms with van der Waals surface area (Å²) in [7, 11) is 0. The van der Waals surface area contributed by atoms with Crippen LogP contribution in [-0.4, -0.2) is 30.6 Å². The van der Waals surface area contributed by atoms with Gasteiger partial charge in [0.05, 0.1) is 0 Å². The van der Waals surface area contributed by atoms with Gasteiger partial charge in [0.15, 0.2) is 0 Å². The van der Waals surface area contributed by atoms with Crippen molar-refractivity contribution in [3.63, 3.8) is 0 Å². The van der Waals surface area contributed by atoms with E-state index < -0.39 is 0 Å². The van der Waals surface area contributed by atoms with Crippen LogP contribution in [-0.2, 0) is 6.54 Å². The Hall–Kier alpha value is -0.450. The molecule has 1 aromatic rings. The van der Waals surface area contributed by atoms with Crippen molar-refractivity contribution in [1.82, 2.24) is 10.2 Å². The van der Waals surface area contributed by atoms with Gasteiger partial charge in [-0.05, 0) is 56.5 Å². The maximum atomic E-state index is 13.6. The quantitative estimate of drug-likeness (QED) is 0.894. The predicted octanol–water partition coefficient (Wildman–Crippen LogP) is 3.16. The van der Waals surface area contributed by atoms with E-state index in [9.17, 15) is 4.39 Å². The first kappa shape index (κ1) is 13.5. The molecule has 0 spiro atoms. The number of likely N-dealkylation sites (tertiary alicyclic amines) is 1. The van der Waals surface area contributed by atoms with E-state index in [1.807, 2.05) is 6.07 Å². The molecule has 3 rings (SSSR count). The molecule has 1 saturated heterocycles. The Kier molecular flexibility index (Phi) is 4.20. The molecular weight excluding hydrogens is 307 g/mol. The van der Waals surface area contributed by atoms with Crippen LogP contribution in [0.5, 0.6) is 0 Å². The molecule has 1 saturated carbocycles. The number of nitrogens with one attached hydrogen (secondary N) is 1. The third-order valence-electron chi connectivity index (χ3n) is 4.14. The lowest BCUT2D eigenvalue weighted by molar-refractivity contribution is 0.311. The Balaban J connectivity index is 1.44. The molecule has 1 aliphatic carbocycles. The summed E-state index contributed by atoms with van der Waals surface area (Å²) in [5.74, 6) is 0.609. The fraction of sp³-hybridized carbons (Fsp3) is 0.600. The second kappa shape index (κ2) is 5.90. The first-order chi connectivity index (χ1) is 9.22. The maximum absolute atomic E-state index is 13.6. The van der Waals surface area contributed by atoms with E-state index in [2.05, 4.69) is 26.1 Å². The number of nitrogens with zero attached hydrogens (tertiary/aromatic N) is 1. The van der Waals surface area contributed by atoms with E-state index in [1.54, 1.807) is 6.07 Å². The normalized spacial score (nSPS) is 24.0. The van der Waals surface area contributed by atoms with E-state index in [-0.39, 0.29) is 5.82 Å². The molecule has 1 atom stereocenters. The average molecular weight is 327 g/mol. The number of hydrogen-bond acceptors (Lipinski definition) is 2. The van der Waals surface area contributed by atoms with Crippen molar-refractivity contribution >= 4 is 15.9 Å². The first-order valence-electron chi connectivity index (χ1n) is 7.11. The number of halogens is 2. The summed E-state index contributed by atoms with van der Waals surface area (Å²) in [6.45, 7) is 4.08. The van der Waals surface area contributed by atoms with Gasteiger partial charge >= 0.3 is 0 Å². The summed E-state index contributed by atoms with van der Waals surface area (Å²) >= 11 is 3.38. The Morgan fingerprint density at radius 2 is 2.16 bits per heavy atom. The van der Waals surface area contributed by atoms with Crippen LogP contribution >= 0.6 is 15.9 Å². The van der Waals surface area contributed by atoms with Crippen molar-refractivity contribution in [2.24, 2.45) is 5.92 Å². The Morgan fingerprint density at radius 1 is 1.32 bits per heavy atom. The lowest BCUT2D eigenvalue weighted by Gasteiger charge is -2.15. The van der Waals surface area contributed by atoms with Gasteiger partial charge in [-0.2, -0.15) is 0 Å². The van der Waals surface area contributed by atoms with Crippen molar-refractivity contribution in [3.05, 3.63) is 34.1 Å². The standard InChI is InChI=1S/C15H20BrFN2/c16-13-1-4-15(17)12(7-13)9-18-8-11-5-6-19(10-11)14-2-3-14/h1,4,7,11,14,18H,2-3,5-6,8-10H2. The van der Waals surface area contributed by atoms with Crippen LogP contribution in [0, 0.1) is 11.7 Å². The maximum Gasteiger partial charge on any atom is 0.127 e. The number of benzene rings is 1. The van der Waals surface area contributed by atoms with Crippen molar-refractivity contribution in [1.29, 1.82) is 0 Å². The molecule has 2 aliphatic rings. The van der Waals surface area contributed by atoms with Gasteiger partial charge < -0.3 is 10.2 Å². The molecule has 2 fully saturated rings. The first-order valence-corrected chi connectivity index (χ1v) is 7.90. The molecule has 1 heterocycles. The molecule has 0 bridgehead atoms. The van der Waals surface area contributed by atoms with Gasteiger partial charge in [-0.25, -0.2) is 4.39 Å². The van der Waals surface area contributed by atoms with Gasteiger partial charge in [-0.3, -0.25) is 0 Å². The van der Waals surface area contributed by atoms with Crippen LogP contribution in [0.1, 0.15) is 24.8 Å². The van der Waals surface area contributed by atoms with E-state index in [0.29, 0.717) is 6.54 Å². The van der Waals surface area contributed by atoms with E-state index in [1.165, 1.54) is 38.4 Å². The van der Waals surface area contributed by atoms with Gasteiger partial charge in [-0.1, -0.05) is 15.9 Å². The molecule has 0 radical (unpaired) electrons. The van der Waals surface area contributed by atoms with Crippen molar-refractivity contribution in [2.75, 3.05) is 19.6 Å². The second-order valence-corrected chi connectivity index (χ2v) is 6.66. The monoisotopic (exact) mass is 326 g/mol. The minimum atomic E-state index is -0.123. The smallest absolute Gasteiger partial charge is 0.127 e. The SMILES string of the molecule is Fc1ccc(Br)cc1CNCC1CCN(C2CC2)C1. The number of hydrogen-bond donors (Lipinski definition) is 1. The molecule has 19 heavy (non-hydrogen) atoms. The molecule has 2 nitrogen and oxygen atoms in total. The van der Waals surface area contributed by atoms with Gasteiger partial charge in [-0.15, -0.1) is 0 Å². The lowest BCUT2D eigenvalue weighted by atomic mass is 10.1. The van der Waals surface area contributed by atoms with E-state index in [0.717, 1.165) is 28.5 Å². The fourth-order valence-electron chi connectivity index (χ4n) is 2.89. The van der Waals surface area contributed by atoms with Crippen LogP contribution in [0.25, 0.3) is 0 Å². The topological polar surface area (TPSA) is 15.3 Å². The second-order valence-electron chi connectivity index (χ2n) is 5.75.